The molecule has 1 heterocycles. The molecule has 1 saturated heterocycles. The zero-order valence-electron chi connectivity index (χ0n) is 21.7. The minimum Gasteiger partial charge on any atom is -0.497 e. The molecule has 0 spiro atoms. The summed E-state index contributed by atoms with van der Waals surface area (Å²) in [6.45, 7) is 2.82. The second-order valence-corrected chi connectivity index (χ2v) is 9.44. The topological polar surface area (TPSA) is 88.1 Å². The van der Waals surface area contributed by atoms with Crippen LogP contribution in [0.4, 0.5) is 10.1 Å². The van der Waals surface area contributed by atoms with E-state index in [9.17, 15) is 9.59 Å². The van der Waals surface area contributed by atoms with Gasteiger partial charge in [-0.3, -0.25) is 9.59 Å². The predicted molar refractivity (Wildman–Crippen MR) is 143 cm³/mol. The number of rotatable bonds is 11. The standard InChI is InChI=1S/C30H33FN2O5/c1-20-11-13-21(14-12-20)27-9-5-15-33(27)30(36)29(25-7-3-4-8-26(25)31)32-22-17-23(37-2)19-24(18-22)38-16-6-10-28(34)35/h3-4,7-8,11-14,17-19,27,29,32H,5-6,9-10,15-16H2,1-2H3,(H,34,35). The molecule has 3 aromatic carbocycles. The molecule has 2 N–H and O–H groups in total. The van der Waals surface area contributed by atoms with Crippen LogP contribution >= 0.6 is 0 Å². The van der Waals surface area contributed by atoms with Crippen molar-refractivity contribution >= 4 is 17.6 Å². The molecule has 0 bridgehead atoms. The molecule has 200 valence electrons. The normalized spacial score (nSPS) is 15.7. The first-order valence-electron chi connectivity index (χ1n) is 12.8. The average Bonchev–Trinajstić information content (AvgIpc) is 3.40. The Morgan fingerprint density at radius 1 is 1.11 bits per heavy atom. The number of hydrogen-bond donors (Lipinski definition) is 2. The van der Waals surface area contributed by atoms with Crippen molar-refractivity contribution < 1.29 is 28.6 Å². The smallest absolute Gasteiger partial charge is 0.303 e. The number of nitrogens with one attached hydrogen (secondary N) is 1. The number of aryl methyl sites for hydroxylation is 1. The Balaban J connectivity index is 1.62. The summed E-state index contributed by atoms with van der Waals surface area (Å²) < 4.78 is 26.2. The van der Waals surface area contributed by atoms with Crippen molar-refractivity contribution in [1.82, 2.24) is 4.90 Å². The summed E-state index contributed by atoms with van der Waals surface area (Å²) in [5, 5.41) is 12.1. The van der Waals surface area contributed by atoms with Crippen molar-refractivity contribution in [2.45, 2.75) is 44.7 Å². The van der Waals surface area contributed by atoms with E-state index in [2.05, 4.69) is 5.32 Å². The van der Waals surface area contributed by atoms with Crippen LogP contribution in [0.5, 0.6) is 11.5 Å². The number of nitrogens with zero attached hydrogens (tertiary/aromatic N) is 1. The van der Waals surface area contributed by atoms with Crippen molar-refractivity contribution in [3.63, 3.8) is 0 Å². The first-order chi connectivity index (χ1) is 18.4. The van der Waals surface area contributed by atoms with Crippen molar-refractivity contribution in [2.24, 2.45) is 0 Å². The van der Waals surface area contributed by atoms with Crippen LogP contribution in [0.2, 0.25) is 0 Å². The number of carbonyl (C=O) groups excluding carboxylic acids is 1. The van der Waals surface area contributed by atoms with Gasteiger partial charge in [0.25, 0.3) is 0 Å². The van der Waals surface area contributed by atoms with Gasteiger partial charge in [0.1, 0.15) is 23.4 Å². The molecule has 0 radical (unpaired) electrons. The number of carbonyl (C=O) groups is 2. The maximum atomic E-state index is 15.0. The van der Waals surface area contributed by atoms with Crippen LogP contribution in [0.1, 0.15) is 54.5 Å². The fourth-order valence-electron chi connectivity index (χ4n) is 4.75. The number of ether oxygens (including phenoxy) is 2. The maximum absolute atomic E-state index is 15.0. The van der Waals surface area contributed by atoms with E-state index in [1.807, 2.05) is 36.1 Å². The highest BCUT2D eigenvalue weighted by molar-refractivity contribution is 5.87. The Kier molecular flexibility index (Phi) is 8.84. The summed E-state index contributed by atoms with van der Waals surface area (Å²) in [4.78, 5) is 26.7. The number of carboxylic acids is 1. The molecule has 8 heteroatoms. The number of benzene rings is 3. The second-order valence-electron chi connectivity index (χ2n) is 9.44. The van der Waals surface area contributed by atoms with Gasteiger partial charge in [0.15, 0.2) is 0 Å². The lowest BCUT2D eigenvalue weighted by Gasteiger charge is -2.30. The molecule has 2 atom stereocenters. The lowest BCUT2D eigenvalue weighted by molar-refractivity contribution is -0.137. The molecule has 7 nitrogen and oxygen atoms in total. The molecule has 4 rings (SSSR count). The molecule has 38 heavy (non-hydrogen) atoms. The Hall–Kier alpha value is -4.07. The van der Waals surface area contributed by atoms with Crippen LogP contribution in [0, 0.1) is 12.7 Å². The van der Waals surface area contributed by atoms with Crippen molar-refractivity contribution in [3.05, 3.63) is 89.2 Å². The van der Waals surface area contributed by atoms with Crippen LogP contribution in [-0.4, -0.2) is 42.1 Å². The van der Waals surface area contributed by atoms with Gasteiger partial charge in [-0.1, -0.05) is 48.0 Å². The van der Waals surface area contributed by atoms with Crippen LogP contribution in [-0.2, 0) is 9.59 Å². The van der Waals surface area contributed by atoms with Gasteiger partial charge in [-0.15, -0.1) is 0 Å². The highest BCUT2D eigenvalue weighted by Crippen LogP contribution is 2.36. The van der Waals surface area contributed by atoms with Gasteiger partial charge in [-0.05, 0) is 37.8 Å². The second kappa shape index (κ2) is 12.4. The molecule has 1 aliphatic rings. The van der Waals surface area contributed by atoms with E-state index < -0.39 is 17.8 Å². The van der Waals surface area contributed by atoms with E-state index in [1.165, 1.54) is 13.2 Å². The summed E-state index contributed by atoms with van der Waals surface area (Å²) in [7, 11) is 1.52. The molecule has 0 aromatic heterocycles. The number of halogens is 1. The van der Waals surface area contributed by atoms with Gasteiger partial charge in [-0.25, -0.2) is 4.39 Å². The predicted octanol–water partition coefficient (Wildman–Crippen LogP) is 5.90. The molecule has 0 saturated carbocycles. The van der Waals surface area contributed by atoms with E-state index in [0.29, 0.717) is 30.2 Å². The Bertz CT molecular complexity index is 1260. The largest absolute Gasteiger partial charge is 0.497 e. The first-order valence-corrected chi connectivity index (χ1v) is 12.8. The molecule has 1 aliphatic heterocycles. The Morgan fingerprint density at radius 2 is 1.84 bits per heavy atom. The Labute approximate surface area is 222 Å². The third-order valence-corrected chi connectivity index (χ3v) is 6.69. The van der Waals surface area contributed by atoms with E-state index >= 15 is 4.39 Å². The third kappa shape index (κ3) is 6.62. The van der Waals surface area contributed by atoms with Crippen LogP contribution in [0.15, 0.2) is 66.7 Å². The molecular weight excluding hydrogens is 487 g/mol. The minimum absolute atomic E-state index is 0.00306. The van der Waals surface area contributed by atoms with Gasteiger partial charge in [0.2, 0.25) is 5.91 Å². The summed E-state index contributed by atoms with van der Waals surface area (Å²) in [5.74, 6) is -0.640. The molecule has 2 unspecified atom stereocenters. The summed E-state index contributed by atoms with van der Waals surface area (Å²) >= 11 is 0. The molecular formula is C30H33FN2O5. The van der Waals surface area contributed by atoms with E-state index in [-0.39, 0.29) is 30.5 Å². The van der Waals surface area contributed by atoms with E-state index in [4.69, 9.17) is 14.6 Å². The van der Waals surface area contributed by atoms with Crippen LogP contribution in [0.25, 0.3) is 0 Å². The van der Waals surface area contributed by atoms with Gasteiger partial charge in [-0.2, -0.15) is 0 Å². The third-order valence-electron chi connectivity index (χ3n) is 6.69. The average molecular weight is 521 g/mol. The van der Waals surface area contributed by atoms with Gasteiger partial charge in [0.05, 0.1) is 19.8 Å². The molecule has 1 amide bonds. The fraction of sp³-hybridized carbons (Fsp3) is 0.333. The monoisotopic (exact) mass is 520 g/mol. The fourth-order valence-corrected chi connectivity index (χ4v) is 4.75. The number of amides is 1. The van der Waals surface area contributed by atoms with Gasteiger partial charge >= 0.3 is 5.97 Å². The number of carboxylic acid groups (broad SMARTS) is 1. The van der Waals surface area contributed by atoms with Crippen molar-refractivity contribution in [2.75, 3.05) is 25.6 Å². The lowest BCUT2D eigenvalue weighted by atomic mass is 10.0. The summed E-state index contributed by atoms with van der Waals surface area (Å²) in [5.41, 5.74) is 2.98. The minimum atomic E-state index is -0.978. The highest BCUT2D eigenvalue weighted by Gasteiger charge is 2.35. The first kappa shape index (κ1) is 27.0. The number of anilines is 1. The molecule has 1 fully saturated rings. The van der Waals surface area contributed by atoms with Crippen molar-refractivity contribution in [1.29, 1.82) is 0 Å². The van der Waals surface area contributed by atoms with E-state index in [0.717, 1.165) is 24.0 Å². The molecule has 3 aromatic rings. The quantitative estimate of drug-likeness (QED) is 0.306. The summed E-state index contributed by atoms with van der Waals surface area (Å²) in [6, 6.07) is 18.5. The number of methoxy groups -OCH3 is 1. The zero-order chi connectivity index (χ0) is 27.1. The van der Waals surface area contributed by atoms with Crippen LogP contribution < -0.4 is 14.8 Å². The van der Waals surface area contributed by atoms with Crippen molar-refractivity contribution in [3.8, 4) is 11.5 Å². The Morgan fingerprint density at radius 3 is 2.55 bits per heavy atom. The summed E-state index contributed by atoms with van der Waals surface area (Å²) in [6.07, 6.45) is 2.05. The number of likely N-dealkylation sites (tertiary alicyclic amines) is 1. The van der Waals surface area contributed by atoms with Gasteiger partial charge in [0, 0.05) is 42.4 Å². The molecule has 0 aliphatic carbocycles. The highest BCUT2D eigenvalue weighted by atomic mass is 19.1. The van der Waals surface area contributed by atoms with E-state index in [1.54, 1.807) is 36.4 Å². The van der Waals surface area contributed by atoms with Crippen LogP contribution in [0.3, 0.4) is 0 Å². The van der Waals surface area contributed by atoms with Gasteiger partial charge < -0.3 is 24.8 Å². The maximum Gasteiger partial charge on any atom is 0.303 e. The SMILES string of the molecule is COc1cc(NC(C(=O)N2CCCC2c2ccc(C)cc2)c2ccccc2F)cc(OCCCC(=O)O)c1. The number of aliphatic carboxylic acids is 1. The lowest BCUT2D eigenvalue weighted by Crippen LogP contribution is -2.38. The number of hydrogen-bond acceptors (Lipinski definition) is 5. The zero-order valence-corrected chi connectivity index (χ0v) is 21.7.